The number of rotatable bonds is 4. The molecule has 0 saturated heterocycles. The molecule has 0 heterocycles. The molecule has 0 aliphatic carbocycles. The Morgan fingerprint density at radius 1 is 0.842 bits per heavy atom. The summed E-state index contributed by atoms with van der Waals surface area (Å²) in [5, 5.41) is 0.432. The van der Waals surface area contributed by atoms with Gasteiger partial charge in [0.1, 0.15) is 17.5 Å². The molecular weight excluding hydrogens is 317 g/mol. The second-order valence-electron chi connectivity index (χ2n) is 4.28. The average Bonchev–Trinajstić information content (AvgIpc) is 2.40. The molecule has 0 aromatic heterocycles. The van der Waals surface area contributed by atoms with Gasteiger partial charge in [-0.2, -0.15) is 0 Å². The van der Waals surface area contributed by atoms with Crippen molar-refractivity contribution in [3.63, 3.8) is 0 Å². The van der Waals surface area contributed by atoms with Crippen molar-refractivity contribution >= 4 is 15.9 Å². The van der Waals surface area contributed by atoms with Gasteiger partial charge in [-0.15, -0.1) is 0 Å². The molecule has 0 spiro atoms. The topological polar surface area (TPSA) is 0 Å². The van der Waals surface area contributed by atoms with E-state index in [9.17, 15) is 13.2 Å². The first-order valence-electron chi connectivity index (χ1n) is 5.86. The molecule has 19 heavy (non-hydrogen) atoms. The zero-order chi connectivity index (χ0) is 13.8. The van der Waals surface area contributed by atoms with Crippen LogP contribution in [-0.4, -0.2) is 5.33 Å². The third-order valence-corrected chi connectivity index (χ3v) is 3.83. The van der Waals surface area contributed by atoms with Crippen LogP contribution in [0.1, 0.15) is 17.0 Å². The maximum atomic E-state index is 13.7. The van der Waals surface area contributed by atoms with E-state index in [-0.39, 0.29) is 23.7 Å². The van der Waals surface area contributed by atoms with Gasteiger partial charge in [0.15, 0.2) is 0 Å². The van der Waals surface area contributed by atoms with Crippen molar-refractivity contribution in [2.45, 2.75) is 12.3 Å². The van der Waals surface area contributed by atoms with E-state index < -0.39 is 11.6 Å². The monoisotopic (exact) mass is 328 g/mol. The molecule has 0 N–H and O–H groups in total. The van der Waals surface area contributed by atoms with E-state index in [1.807, 2.05) is 0 Å². The van der Waals surface area contributed by atoms with Crippen LogP contribution in [0.25, 0.3) is 0 Å². The van der Waals surface area contributed by atoms with Gasteiger partial charge in [0, 0.05) is 16.8 Å². The van der Waals surface area contributed by atoms with E-state index in [0.29, 0.717) is 10.9 Å². The van der Waals surface area contributed by atoms with Crippen molar-refractivity contribution in [2.75, 3.05) is 5.33 Å². The lowest BCUT2D eigenvalue weighted by atomic mass is 9.93. The second kappa shape index (κ2) is 6.24. The van der Waals surface area contributed by atoms with Gasteiger partial charge in [0.25, 0.3) is 0 Å². The quantitative estimate of drug-likeness (QED) is 0.705. The van der Waals surface area contributed by atoms with Gasteiger partial charge in [-0.25, -0.2) is 13.2 Å². The Morgan fingerprint density at radius 3 is 2.00 bits per heavy atom. The zero-order valence-corrected chi connectivity index (χ0v) is 11.6. The summed E-state index contributed by atoms with van der Waals surface area (Å²) in [6, 6.07) is 10.0. The van der Waals surface area contributed by atoms with Crippen LogP contribution in [0.2, 0.25) is 0 Å². The van der Waals surface area contributed by atoms with Crippen molar-refractivity contribution in [3.8, 4) is 0 Å². The van der Waals surface area contributed by atoms with E-state index in [4.69, 9.17) is 0 Å². The van der Waals surface area contributed by atoms with Crippen LogP contribution in [0.5, 0.6) is 0 Å². The number of halogens is 4. The summed E-state index contributed by atoms with van der Waals surface area (Å²) < 4.78 is 41.0. The Labute approximate surface area is 118 Å². The molecule has 4 heteroatoms. The third-order valence-electron chi connectivity index (χ3n) is 3.04. The standard InChI is InChI=1S/C15H12BrF3/c16-9-10(11-4-1-2-5-13(11)17)8-12-14(18)6-3-7-15(12)19/h1-7,10H,8-9H2. The minimum Gasteiger partial charge on any atom is -0.207 e. The molecular formula is C15H12BrF3. The predicted molar refractivity (Wildman–Crippen MR) is 73.0 cm³/mol. The largest absolute Gasteiger partial charge is 0.207 e. The van der Waals surface area contributed by atoms with Gasteiger partial charge in [0.05, 0.1) is 0 Å². The molecule has 0 radical (unpaired) electrons. The Bertz CT molecular complexity index is 549. The fraction of sp³-hybridized carbons (Fsp3) is 0.200. The van der Waals surface area contributed by atoms with Gasteiger partial charge in [-0.1, -0.05) is 40.2 Å². The lowest BCUT2D eigenvalue weighted by Crippen LogP contribution is -2.09. The molecule has 2 aromatic rings. The van der Waals surface area contributed by atoms with Gasteiger partial charge in [0.2, 0.25) is 0 Å². The van der Waals surface area contributed by atoms with Gasteiger partial charge in [-0.3, -0.25) is 0 Å². The summed E-state index contributed by atoms with van der Waals surface area (Å²) in [5.74, 6) is -1.86. The van der Waals surface area contributed by atoms with Crippen LogP contribution in [0.4, 0.5) is 13.2 Å². The van der Waals surface area contributed by atoms with Crippen LogP contribution >= 0.6 is 15.9 Å². The van der Waals surface area contributed by atoms with E-state index in [2.05, 4.69) is 15.9 Å². The highest BCUT2D eigenvalue weighted by Gasteiger charge is 2.19. The Morgan fingerprint density at radius 2 is 1.42 bits per heavy atom. The zero-order valence-electron chi connectivity index (χ0n) is 10.0. The molecule has 0 nitrogen and oxygen atoms in total. The van der Waals surface area contributed by atoms with Crippen molar-refractivity contribution in [1.29, 1.82) is 0 Å². The van der Waals surface area contributed by atoms with E-state index >= 15 is 0 Å². The molecule has 0 bridgehead atoms. The van der Waals surface area contributed by atoms with E-state index in [1.54, 1.807) is 18.2 Å². The van der Waals surface area contributed by atoms with Gasteiger partial charge >= 0.3 is 0 Å². The molecule has 1 atom stereocenters. The smallest absolute Gasteiger partial charge is 0.129 e. The Hall–Kier alpha value is -1.29. The van der Waals surface area contributed by atoms with Crippen molar-refractivity contribution < 1.29 is 13.2 Å². The summed E-state index contributed by atoms with van der Waals surface area (Å²) in [6.07, 6.45) is 0.116. The summed E-state index contributed by atoms with van der Waals surface area (Å²) in [4.78, 5) is 0. The number of hydrogen-bond donors (Lipinski definition) is 0. The first-order chi connectivity index (χ1) is 9.13. The van der Waals surface area contributed by atoms with Crippen molar-refractivity contribution in [3.05, 3.63) is 71.0 Å². The lowest BCUT2D eigenvalue weighted by Gasteiger charge is -2.16. The molecule has 0 amide bonds. The van der Waals surface area contributed by atoms with Crippen LogP contribution < -0.4 is 0 Å². The second-order valence-corrected chi connectivity index (χ2v) is 4.92. The summed E-state index contributed by atoms with van der Waals surface area (Å²) in [5.41, 5.74) is 0.456. The van der Waals surface area contributed by atoms with E-state index in [1.165, 1.54) is 24.3 Å². The maximum absolute atomic E-state index is 13.7. The van der Waals surface area contributed by atoms with Crippen molar-refractivity contribution in [1.82, 2.24) is 0 Å². The van der Waals surface area contributed by atoms with Gasteiger partial charge < -0.3 is 0 Å². The maximum Gasteiger partial charge on any atom is 0.129 e. The highest BCUT2D eigenvalue weighted by molar-refractivity contribution is 9.09. The molecule has 2 aromatic carbocycles. The molecule has 100 valence electrons. The summed E-state index contributed by atoms with van der Waals surface area (Å²) >= 11 is 3.28. The first-order valence-corrected chi connectivity index (χ1v) is 6.99. The molecule has 0 aliphatic rings. The molecule has 0 fully saturated rings. The van der Waals surface area contributed by atoms with Crippen LogP contribution in [0.15, 0.2) is 42.5 Å². The SMILES string of the molecule is Fc1ccccc1C(CBr)Cc1c(F)cccc1F. The Balaban J connectivity index is 2.32. The number of hydrogen-bond acceptors (Lipinski definition) is 0. The predicted octanol–water partition coefficient (Wildman–Crippen LogP) is 4.83. The van der Waals surface area contributed by atoms with Crippen molar-refractivity contribution in [2.24, 2.45) is 0 Å². The lowest BCUT2D eigenvalue weighted by molar-refractivity contribution is 0.536. The minimum absolute atomic E-state index is 0.00444. The molecule has 0 aliphatic heterocycles. The number of benzene rings is 2. The molecule has 1 unspecified atom stereocenters. The fourth-order valence-corrected chi connectivity index (χ4v) is 2.61. The highest BCUT2D eigenvalue weighted by atomic mass is 79.9. The van der Waals surface area contributed by atoms with Crippen LogP contribution in [-0.2, 0) is 6.42 Å². The van der Waals surface area contributed by atoms with Crippen LogP contribution in [0.3, 0.4) is 0 Å². The molecule has 2 rings (SSSR count). The first kappa shape index (κ1) is 14.1. The minimum atomic E-state index is -0.595. The van der Waals surface area contributed by atoms with E-state index in [0.717, 1.165) is 0 Å². The summed E-state index contributed by atoms with van der Waals surface area (Å²) in [7, 11) is 0. The normalized spacial score (nSPS) is 12.4. The third kappa shape index (κ3) is 3.18. The fourth-order valence-electron chi connectivity index (χ4n) is 2.03. The Kier molecular flexibility index (Phi) is 4.64. The average molecular weight is 329 g/mol. The highest BCUT2D eigenvalue weighted by Crippen LogP contribution is 2.27. The summed E-state index contributed by atoms with van der Waals surface area (Å²) in [6.45, 7) is 0. The van der Waals surface area contributed by atoms with Crippen LogP contribution in [0, 0.1) is 17.5 Å². The number of alkyl halides is 1. The molecule has 0 saturated carbocycles. The van der Waals surface area contributed by atoms with Gasteiger partial charge in [-0.05, 0) is 30.2 Å².